The summed E-state index contributed by atoms with van der Waals surface area (Å²) >= 11 is 0. The standard InChI is InChI=1S/C33H35N3O5/c1-7-17-40-32(37)28-22(5)34-23(6)29(33(38)41-18-8-2)30(28)26-20-36(25-13-11-10-12-14-25)35-31(26)24-15-16-27(39-9-3)21(4)19-24/h7-8,10-16,19-20,30,34H,1-2,9,17-18H2,3-6H3. The first-order valence-corrected chi connectivity index (χ1v) is 13.4. The lowest BCUT2D eigenvalue weighted by molar-refractivity contribution is -0.138. The van der Waals surface area contributed by atoms with Crippen molar-refractivity contribution in [3.63, 3.8) is 0 Å². The van der Waals surface area contributed by atoms with Crippen molar-refractivity contribution >= 4 is 11.9 Å². The minimum absolute atomic E-state index is 0.0233. The first-order valence-electron chi connectivity index (χ1n) is 13.4. The molecule has 0 amide bonds. The van der Waals surface area contributed by atoms with Crippen LogP contribution in [0.3, 0.4) is 0 Å². The maximum Gasteiger partial charge on any atom is 0.337 e. The Kier molecular flexibility index (Phi) is 9.24. The molecule has 2 heterocycles. The summed E-state index contributed by atoms with van der Waals surface area (Å²) in [6, 6.07) is 15.5. The molecular weight excluding hydrogens is 518 g/mol. The van der Waals surface area contributed by atoms with E-state index in [1.54, 1.807) is 18.5 Å². The lowest BCUT2D eigenvalue weighted by atomic mass is 9.79. The number of rotatable bonds is 11. The van der Waals surface area contributed by atoms with Gasteiger partial charge in [-0.3, -0.25) is 0 Å². The quantitative estimate of drug-likeness (QED) is 0.232. The molecule has 0 bridgehead atoms. The van der Waals surface area contributed by atoms with Crippen molar-refractivity contribution < 1.29 is 23.8 Å². The van der Waals surface area contributed by atoms with E-state index < -0.39 is 17.9 Å². The number of carbonyl (C=O) groups is 2. The van der Waals surface area contributed by atoms with E-state index in [4.69, 9.17) is 19.3 Å². The molecule has 212 valence electrons. The van der Waals surface area contributed by atoms with E-state index in [2.05, 4.69) is 18.5 Å². The fraction of sp³-hybridized carbons (Fsp3) is 0.242. The molecule has 0 atom stereocenters. The average molecular weight is 554 g/mol. The van der Waals surface area contributed by atoms with Gasteiger partial charge in [-0.25, -0.2) is 14.3 Å². The smallest absolute Gasteiger partial charge is 0.337 e. The van der Waals surface area contributed by atoms with Crippen molar-refractivity contribution in [3.05, 3.63) is 114 Å². The van der Waals surface area contributed by atoms with Crippen LogP contribution in [0.15, 0.2) is 103 Å². The number of hydrogen-bond donors (Lipinski definition) is 1. The van der Waals surface area contributed by atoms with Crippen LogP contribution in [0, 0.1) is 6.92 Å². The van der Waals surface area contributed by atoms with Gasteiger partial charge in [-0.1, -0.05) is 43.5 Å². The predicted octanol–water partition coefficient (Wildman–Crippen LogP) is 5.94. The summed E-state index contributed by atoms with van der Waals surface area (Å²) in [5.74, 6) is -1.19. The van der Waals surface area contributed by atoms with E-state index in [1.807, 2.05) is 68.6 Å². The first-order chi connectivity index (χ1) is 19.8. The van der Waals surface area contributed by atoms with Crippen molar-refractivity contribution in [2.45, 2.75) is 33.6 Å². The molecule has 0 saturated heterocycles. The number of nitrogens with zero attached hydrogens (tertiary/aromatic N) is 2. The second kappa shape index (κ2) is 13.0. The van der Waals surface area contributed by atoms with Crippen LogP contribution < -0.4 is 10.1 Å². The Balaban J connectivity index is 1.99. The molecule has 0 saturated carbocycles. The lowest BCUT2D eigenvalue weighted by Gasteiger charge is -2.30. The molecule has 8 heteroatoms. The zero-order chi connectivity index (χ0) is 29.5. The molecule has 4 rings (SSSR count). The van der Waals surface area contributed by atoms with Gasteiger partial charge in [-0.05, 0) is 63.6 Å². The van der Waals surface area contributed by atoms with Gasteiger partial charge in [0.25, 0.3) is 0 Å². The Morgan fingerprint density at radius 3 is 2.10 bits per heavy atom. The molecule has 41 heavy (non-hydrogen) atoms. The number of carbonyl (C=O) groups excluding carboxylic acids is 2. The SMILES string of the molecule is C=CCOC(=O)C1=C(C)NC(C)=C(C(=O)OCC=C)C1c1cn(-c2ccccc2)nc1-c1ccc(OCC)c(C)c1. The third-order valence-electron chi connectivity index (χ3n) is 6.69. The van der Waals surface area contributed by atoms with E-state index in [9.17, 15) is 9.59 Å². The maximum absolute atomic E-state index is 13.5. The summed E-state index contributed by atoms with van der Waals surface area (Å²) in [6.07, 6.45) is 4.86. The molecule has 0 spiro atoms. The largest absolute Gasteiger partial charge is 0.494 e. The second-order valence-corrected chi connectivity index (χ2v) is 9.54. The highest BCUT2D eigenvalue weighted by molar-refractivity contribution is 6.00. The predicted molar refractivity (Wildman–Crippen MR) is 158 cm³/mol. The minimum atomic E-state index is -0.829. The number of ether oxygens (including phenoxy) is 3. The van der Waals surface area contributed by atoms with E-state index in [0.717, 1.165) is 22.6 Å². The third kappa shape index (κ3) is 6.17. The number of nitrogens with one attached hydrogen (secondary N) is 1. The monoisotopic (exact) mass is 553 g/mol. The molecule has 1 N–H and O–H groups in total. The molecule has 2 aromatic carbocycles. The molecule has 3 aromatic rings. The second-order valence-electron chi connectivity index (χ2n) is 9.54. The van der Waals surface area contributed by atoms with E-state index in [1.165, 1.54) is 12.2 Å². The van der Waals surface area contributed by atoms with Gasteiger partial charge < -0.3 is 19.5 Å². The van der Waals surface area contributed by atoms with Crippen LogP contribution in [-0.4, -0.2) is 41.5 Å². The van der Waals surface area contributed by atoms with Crippen LogP contribution in [0.1, 0.15) is 37.8 Å². The molecule has 0 radical (unpaired) electrons. The fourth-order valence-corrected chi connectivity index (χ4v) is 4.92. The van der Waals surface area contributed by atoms with Crippen LogP contribution in [0.4, 0.5) is 0 Å². The van der Waals surface area contributed by atoms with Gasteiger partial charge in [0.05, 0.1) is 35.1 Å². The van der Waals surface area contributed by atoms with Gasteiger partial charge in [-0.15, -0.1) is 0 Å². The summed E-state index contributed by atoms with van der Waals surface area (Å²) in [4.78, 5) is 27.1. The Bertz CT molecular complexity index is 1490. The van der Waals surface area contributed by atoms with E-state index >= 15 is 0 Å². The number of allylic oxidation sites excluding steroid dienone is 2. The average Bonchev–Trinajstić information content (AvgIpc) is 3.41. The van der Waals surface area contributed by atoms with Crippen molar-refractivity contribution in [1.29, 1.82) is 0 Å². The zero-order valence-corrected chi connectivity index (χ0v) is 23.9. The molecule has 0 fully saturated rings. The minimum Gasteiger partial charge on any atom is -0.494 e. The fourth-order valence-electron chi connectivity index (χ4n) is 4.92. The van der Waals surface area contributed by atoms with E-state index in [-0.39, 0.29) is 13.2 Å². The van der Waals surface area contributed by atoms with Crippen LogP contribution in [0.2, 0.25) is 0 Å². The molecule has 0 aliphatic carbocycles. The molecule has 8 nitrogen and oxygen atoms in total. The van der Waals surface area contributed by atoms with Crippen molar-refractivity contribution in [2.24, 2.45) is 0 Å². The lowest BCUT2D eigenvalue weighted by Crippen LogP contribution is -2.32. The molecular formula is C33H35N3O5. The van der Waals surface area contributed by atoms with Gasteiger partial charge in [0.15, 0.2) is 0 Å². The zero-order valence-electron chi connectivity index (χ0n) is 23.9. The van der Waals surface area contributed by atoms with Crippen LogP contribution in [0.5, 0.6) is 5.75 Å². The van der Waals surface area contributed by atoms with Gasteiger partial charge in [0.1, 0.15) is 19.0 Å². The number of para-hydroxylation sites is 1. The molecule has 1 aliphatic heterocycles. The van der Waals surface area contributed by atoms with Crippen LogP contribution in [-0.2, 0) is 19.1 Å². The summed E-state index contributed by atoms with van der Waals surface area (Å²) in [7, 11) is 0. The number of dihydropyridines is 1. The van der Waals surface area contributed by atoms with Gasteiger partial charge >= 0.3 is 11.9 Å². The number of aryl methyl sites for hydroxylation is 1. The Morgan fingerprint density at radius 1 is 0.951 bits per heavy atom. The van der Waals surface area contributed by atoms with Crippen LogP contribution in [0.25, 0.3) is 16.9 Å². The number of aromatic nitrogens is 2. The Hall–Kier alpha value is -4.85. The highest BCUT2D eigenvalue weighted by Gasteiger charge is 2.40. The molecule has 1 aromatic heterocycles. The van der Waals surface area contributed by atoms with Crippen molar-refractivity contribution in [3.8, 4) is 22.7 Å². The van der Waals surface area contributed by atoms with Crippen molar-refractivity contribution in [1.82, 2.24) is 15.1 Å². The highest BCUT2D eigenvalue weighted by Crippen LogP contribution is 2.43. The Labute approximate surface area is 240 Å². The van der Waals surface area contributed by atoms with Gasteiger partial charge in [0, 0.05) is 28.7 Å². The van der Waals surface area contributed by atoms with Gasteiger partial charge in [-0.2, -0.15) is 5.10 Å². The summed E-state index contributed by atoms with van der Waals surface area (Å²) < 4.78 is 18.5. The van der Waals surface area contributed by atoms with Crippen LogP contribution >= 0.6 is 0 Å². The number of hydrogen-bond acceptors (Lipinski definition) is 7. The normalized spacial score (nSPS) is 13.5. The highest BCUT2D eigenvalue weighted by atomic mass is 16.5. The summed E-state index contributed by atoms with van der Waals surface area (Å²) in [5.41, 5.74) is 5.55. The maximum atomic E-state index is 13.5. The van der Waals surface area contributed by atoms with Crippen molar-refractivity contribution in [2.75, 3.05) is 19.8 Å². The topological polar surface area (TPSA) is 91.7 Å². The van der Waals surface area contributed by atoms with Gasteiger partial charge in [0.2, 0.25) is 0 Å². The third-order valence-corrected chi connectivity index (χ3v) is 6.69. The summed E-state index contributed by atoms with van der Waals surface area (Å²) in [6.45, 7) is 15.4. The molecule has 1 aliphatic rings. The first kappa shape index (κ1) is 29.1. The number of benzene rings is 2. The Morgan fingerprint density at radius 2 is 1.56 bits per heavy atom. The summed E-state index contributed by atoms with van der Waals surface area (Å²) in [5, 5.41) is 8.16. The number of esters is 2. The molecule has 0 unspecified atom stereocenters. The van der Waals surface area contributed by atoms with E-state index in [0.29, 0.717) is 40.4 Å².